The first-order chi connectivity index (χ1) is 15.9. The molecule has 7 heteroatoms. The summed E-state index contributed by atoms with van der Waals surface area (Å²) in [6, 6.07) is 17.4. The van der Waals surface area contributed by atoms with E-state index in [1.54, 1.807) is 0 Å². The van der Waals surface area contributed by atoms with Crippen LogP contribution in [0.25, 0.3) is 0 Å². The molecule has 2 aromatic rings. The molecule has 0 aliphatic carbocycles. The standard InChI is InChI=1S/C26H32N2O5/c1-19(2)16-22(27-26(31)33-18-21-12-7-4-8-13-21)24(29)28-15-9-14-23(28)25(30)32-17-20-10-5-3-6-11-20/h3-8,10-13,19,22-23H,9,14-18H2,1-2H3,(H,27,31). The topological polar surface area (TPSA) is 84.9 Å². The molecule has 1 aliphatic rings. The second-order valence-electron chi connectivity index (χ2n) is 8.67. The van der Waals surface area contributed by atoms with Gasteiger partial charge in [0.1, 0.15) is 25.3 Å². The van der Waals surface area contributed by atoms with Gasteiger partial charge in [0.05, 0.1) is 0 Å². The van der Waals surface area contributed by atoms with Gasteiger partial charge in [0.15, 0.2) is 0 Å². The van der Waals surface area contributed by atoms with Gasteiger partial charge in [0.25, 0.3) is 0 Å². The molecule has 1 fully saturated rings. The molecule has 2 unspecified atom stereocenters. The number of alkyl carbamates (subject to hydrolysis) is 1. The monoisotopic (exact) mass is 452 g/mol. The number of likely N-dealkylation sites (tertiary alicyclic amines) is 1. The van der Waals surface area contributed by atoms with Crippen LogP contribution in [0.3, 0.4) is 0 Å². The number of nitrogens with zero attached hydrogens (tertiary/aromatic N) is 1. The van der Waals surface area contributed by atoms with Crippen molar-refractivity contribution in [3.8, 4) is 0 Å². The van der Waals surface area contributed by atoms with Gasteiger partial charge in [0.2, 0.25) is 5.91 Å². The molecule has 3 rings (SSSR count). The molecule has 2 amide bonds. The third kappa shape index (κ3) is 7.34. The summed E-state index contributed by atoms with van der Waals surface area (Å²) in [5, 5.41) is 2.71. The molecule has 0 radical (unpaired) electrons. The highest BCUT2D eigenvalue weighted by molar-refractivity contribution is 5.90. The number of rotatable bonds is 9. The predicted octanol–water partition coefficient (Wildman–Crippen LogP) is 4.06. The average molecular weight is 453 g/mol. The second-order valence-corrected chi connectivity index (χ2v) is 8.67. The van der Waals surface area contributed by atoms with Gasteiger partial charge in [-0.15, -0.1) is 0 Å². The van der Waals surface area contributed by atoms with Crippen LogP contribution in [0.2, 0.25) is 0 Å². The maximum absolute atomic E-state index is 13.3. The quantitative estimate of drug-likeness (QED) is 0.580. The summed E-state index contributed by atoms with van der Waals surface area (Å²) in [5.41, 5.74) is 1.75. The Morgan fingerprint density at radius 1 is 0.939 bits per heavy atom. The molecule has 7 nitrogen and oxygen atoms in total. The van der Waals surface area contributed by atoms with Crippen LogP contribution in [0.15, 0.2) is 60.7 Å². The molecule has 176 valence electrons. The van der Waals surface area contributed by atoms with Gasteiger partial charge < -0.3 is 19.7 Å². The Bertz CT molecular complexity index is 917. The maximum Gasteiger partial charge on any atom is 0.408 e. The van der Waals surface area contributed by atoms with Crippen molar-refractivity contribution in [2.75, 3.05) is 6.54 Å². The van der Waals surface area contributed by atoms with E-state index in [1.807, 2.05) is 74.5 Å². The lowest BCUT2D eigenvalue weighted by Crippen LogP contribution is -2.52. The number of carbonyl (C=O) groups is 3. The van der Waals surface area contributed by atoms with E-state index < -0.39 is 24.1 Å². The lowest BCUT2D eigenvalue weighted by Gasteiger charge is -2.29. The molecular weight excluding hydrogens is 420 g/mol. The summed E-state index contributed by atoms with van der Waals surface area (Å²) in [4.78, 5) is 40.0. The Labute approximate surface area is 195 Å². The Balaban J connectivity index is 1.59. The molecule has 1 saturated heterocycles. The third-order valence-electron chi connectivity index (χ3n) is 5.54. The highest BCUT2D eigenvalue weighted by atomic mass is 16.5. The number of hydrogen-bond acceptors (Lipinski definition) is 5. The summed E-state index contributed by atoms with van der Waals surface area (Å²) in [6.07, 6.45) is 1.05. The third-order valence-corrected chi connectivity index (χ3v) is 5.54. The van der Waals surface area contributed by atoms with Crippen molar-refractivity contribution in [1.29, 1.82) is 0 Å². The first-order valence-corrected chi connectivity index (χ1v) is 11.4. The molecule has 1 N–H and O–H groups in total. The predicted molar refractivity (Wildman–Crippen MR) is 124 cm³/mol. The molecule has 2 atom stereocenters. The number of nitrogens with one attached hydrogen (secondary N) is 1. The summed E-state index contributed by atoms with van der Waals surface area (Å²) in [7, 11) is 0. The Morgan fingerprint density at radius 2 is 1.52 bits per heavy atom. The first-order valence-electron chi connectivity index (χ1n) is 11.4. The van der Waals surface area contributed by atoms with Gasteiger partial charge in [-0.25, -0.2) is 9.59 Å². The fourth-order valence-corrected chi connectivity index (χ4v) is 3.90. The number of benzene rings is 2. The molecule has 33 heavy (non-hydrogen) atoms. The van der Waals surface area contributed by atoms with Crippen LogP contribution < -0.4 is 5.32 Å². The van der Waals surface area contributed by atoms with Crippen LogP contribution in [-0.4, -0.2) is 41.5 Å². The van der Waals surface area contributed by atoms with Gasteiger partial charge >= 0.3 is 12.1 Å². The summed E-state index contributed by atoms with van der Waals surface area (Å²) < 4.78 is 10.8. The fraction of sp³-hybridized carbons (Fsp3) is 0.423. The van der Waals surface area contributed by atoms with Crippen molar-refractivity contribution in [3.63, 3.8) is 0 Å². The lowest BCUT2D eigenvalue weighted by atomic mass is 10.0. The Kier molecular flexibility index (Phi) is 8.87. The van der Waals surface area contributed by atoms with Gasteiger partial charge in [-0.2, -0.15) is 0 Å². The van der Waals surface area contributed by atoms with Crippen LogP contribution in [0.5, 0.6) is 0 Å². The Hall–Kier alpha value is -3.35. The van der Waals surface area contributed by atoms with Gasteiger partial charge in [0, 0.05) is 6.54 Å². The van der Waals surface area contributed by atoms with Crippen molar-refractivity contribution >= 4 is 18.0 Å². The van der Waals surface area contributed by atoms with Gasteiger partial charge in [-0.1, -0.05) is 74.5 Å². The minimum Gasteiger partial charge on any atom is -0.459 e. The van der Waals surface area contributed by atoms with E-state index in [4.69, 9.17) is 9.47 Å². The zero-order chi connectivity index (χ0) is 23.6. The van der Waals surface area contributed by atoms with Crippen molar-refractivity contribution < 1.29 is 23.9 Å². The normalized spacial score (nSPS) is 16.3. The number of amides is 2. The van der Waals surface area contributed by atoms with Crippen LogP contribution in [0.1, 0.15) is 44.2 Å². The average Bonchev–Trinajstić information content (AvgIpc) is 3.31. The number of carbonyl (C=O) groups excluding carboxylic acids is 3. The number of esters is 1. The van der Waals surface area contributed by atoms with Crippen LogP contribution in [0, 0.1) is 5.92 Å². The van der Waals surface area contributed by atoms with E-state index >= 15 is 0 Å². The summed E-state index contributed by atoms with van der Waals surface area (Å²) >= 11 is 0. The molecule has 1 heterocycles. The van der Waals surface area contributed by atoms with E-state index in [9.17, 15) is 14.4 Å². The van der Waals surface area contributed by atoms with E-state index in [2.05, 4.69) is 5.32 Å². The minimum absolute atomic E-state index is 0.118. The zero-order valence-electron chi connectivity index (χ0n) is 19.2. The van der Waals surface area contributed by atoms with Crippen LogP contribution in [0.4, 0.5) is 4.79 Å². The molecular formula is C26H32N2O5. The van der Waals surface area contributed by atoms with E-state index in [0.29, 0.717) is 25.8 Å². The molecule has 2 aromatic carbocycles. The van der Waals surface area contributed by atoms with Crippen molar-refractivity contribution in [1.82, 2.24) is 10.2 Å². The fourth-order valence-electron chi connectivity index (χ4n) is 3.90. The lowest BCUT2D eigenvalue weighted by molar-refractivity contribution is -0.155. The molecule has 0 saturated carbocycles. The molecule has 1 aliphatic heterocycles. The summed E-state index contributed by atoms with van der Waals surface area (Å²) in [6.45, 7) is 4.70. The largest absolute Gasteiger partial charge is 0.459 e. The van der Waals surface area contributed by atoms with Crippen LogP contribution in [-0.2, 0) is 32.3 Å². The van der Waals surface area contributed by atoms with Gasteiger partial charge in [-0.3, -0.25) is 4.79 Å². The molecule has 0 spiro atoms. The minimum atomic E-state index is -0.768. The van der Waals surface area contributed by atoms with Gasteiger partial charge in [-0.05, 0) is 36.3 Å². The highest BCUT2D eigenvalue weighted by Crippen LogP contribution is 2.22. The van der Waals surface area contributed by atoms with E-state index in [-0.39, 0.29) is 25.0 Å². The highest BCUT2D eigenvalue weighted by Gasteiger charge is 2.38. The van der Waals surface area contributed by atoms with Crippen LogP contribution >= 0.6 is 0 Å². The van der Waals surface area contributed by atoms with Crippen molar-refractivity contribution in [2.24, 2.45) is 5.92 Å². The van der Waals surface area contributed by atoms with E-state index in [1.165, 1.54) is 4.90 Å². The smallest absolute Gasteiger partial charge is 0.408 e. The first kappa shape index (κ1) is 24.3. The maximum atomic E-state index is 13.3. The number of ether oxygens (including phenoxy) is 2. The summed E-state index contributed by atoms with van der Waals surface area (Å²) in [5.74, 6) is -0.529. The number of hydrogen-bond donors (Lipinski definition) is 1. The van der Waals surface area contributed by atoms with Crippen molar-refractivity contribution in [2.45, 2.75) is 58.4 Å². The van der Waals surface area contributed by atoms with Crippen molar-refractivity contribution in [3.05, 3.63) is 71.8 Å². The Morgan fingerprint density at radius 3 is 2.09 bits per heavy atom. The second kappa shape index (κ2) is 12.0. The molecule has 0 bridgehead atoms. The zero-order valence-corrected chi connectivity index (χ0v) is 19.2. The molecule has 0 aromatic heterocycles. The van der Waals surface area contributed by atoms with E-state index in [0.717, 1.165) is 11.1 Å². The SMILES string of the molecule is CC(C)CC(NC(=O)OCc1ccccc1)C(=O)N1CCCC1C(=O)OCc1ccccc1.